The lowest BCUT2D eigenvalue weighted by molar-refractivity contribution is 0.0933. The molecule has 1 heterocycles. The van der Waals surface area contributed by atoms with Gasteiger partial charge >= 0.3 is 0 Å². The van der Waals surface area contributed by atoms with Crippen molar-refractivity contribution >= 4 is 15.7 Å². The van der Waals surface area contributed by atoms with Crippen LogP contribution in [0.1, 0.15) is 47.6 Å². The van der Waals surface area contributed by atoms with Crippen LogP contribution in [0, 0.1) is 0 Å². The van der Waals surface area contributed by atoms with Crippen molar-refractivity contribution in [2.24, 2.45) is 0 Å². The lowest BCUT2D eigenvalue weighted by atomic mass is 10.0. The van der Waals surface area contributed by atoms with Gasteiger partial charge < -0.3 is 5.32 Å². The number of benzene rings is 2. The zero-order valence-corrected chi connectivity index (χ0v) is 17.1. The van der Waals surface area contributed by atoms with Gasteiger partial charge in [0.05, 0.1) is 10.9 Å². The number of amides is 1. The predicted molar refractivity (Wildman–Crippen MR) is 111 cm³/mol. The summed E-state index contributed by atoms with van der Waals surface area (Å²) in [5.74, 6) is -0.249. The van der Waals surface area contributed by atoms with Gasteiger partial charge in [-0.2, -0.15) is 0 Å². The fraction of sp³-hybridized carbons (Fsp3) is 0.409. The van der Waals surface area contributed by atoms with Crippen LogP contribution >= 0.6 is 0 Å². The molecule has 3 rings (SSSR count). The van der Waals surface area contributed by atoms with Gasteiger partial charge in [0, 0.05) is 18.4 Å². The Bertz CT molecular complexity index is 889. The van der Waals surface area contributed by atoms with Crippen molar-refractivity contribution in [1.82, 2.24) is 10.2 Å². The van der Waals surface area contributed by atoms with Crippen molar-refractivity contribution in [1.29, 1.82) is 0 Å². The molecule has 6 heteroatoms. The topological polar surface area (TPSA) is 66.5 Å². The van der Waals surface area contributed by atoms with E-state index in [0.717, 1.165) is 19.3 Å². The maximum absolute atomic E-state index is 12.7. The van der Waals surface area contributed by atoms with E-state index in [1.165, 1.54) is 43.4 Å². The Labute approximate surface area is 167 Å². The molecule has 1 fully saturated rings. The summed E-state index contributed by atoms with van der Waals surface area (Å²) in [7, 11) is -3.34. The number of rotatable bonds is 6. The quantitative estimate of drug-likeness (QED) is 0.807. The van der Waals surface area contributed by atoms with Crippen LogP contribution in [0.3, 0.4) is 0 Å². The van der Waals surface area contributed by atoms with Crippen LogP contribution < -0.4 is 5.32 Å². The number of likely N-dealkylation sites (tertiary alicyclic amines) is 1. The van der Waals surface area contributed by atoms with E-state index in [4.69, 9.17) is 0 Å². The molecule has 2 aromatic carbocycles. The molecule has 0 aromatic heterocycles. The summed E-state index contributed by atoms with van der Waals surface area (Å²) in [6, 6.07) is 16.6. The van der Waals surface area contributed by atoms with E-state index >= 15 is 0 Å². The molecule has 1 atom stereocenters. The summed E-state index contributed by atoms with van der Waals surface area (Å²) in [6.07, 6.45) is 6.00. The van der Waals surface area contributed by atoms with E-state index < -0.39 is 9.84 Å². The second kappa shape index (κ2) is 9.34. The van der Waals surface area contributed by atoms with E-state index in [1.807, 2.05) is 18.2 Å². The number of sulfone groups is 1. The Balaban J connectivity index is 1.75. The molecule has 1 saturated heterocycles. The predicted octanol–water partition coefficient (Wildman–Crippen LogP) is 3.44. The van der Waals surface area contributed by atoms with Crippen molar-refractivity contribution in [3.8, 4) is 0 Å². The van der Waals surface area contributed by atoms with Crippen molar-refractivity contribution in [2.75, 3.05) is 25.9 Å². The molecule has 5 nitrogen and oxygen atoms in total. The fourth-order valence-electron chi connectivity index (χ4n) is 3.70. The third-order valence-corrected chi connectivity index (χ3v) is 6.36. The maximum Gasteiger partial charge on any atom is 0.251 e. The Hall–Kier alpha value is -2.18. The standard InChI is InChI=1S/C22H28N2O3S/c1-28(26,27)20-13-9-12-19(16-20)22(25)23-17-21(18-10-5-4-6-11-18)24-14-7-2-3-8-15-24/h4-6,9-13,16,21H,2-3,7-8,14-15,17H2,1H3,(H,23,25)/t21-/m0/s1. The summed E-state index contributed by atoms with van der Waals surface area (Å²) in [5.41, 5.74) is 1.56. The zero-order chi connectivity index (χ0) is 20.0. The van der Waals surface area contributed by atoms with Crippen molar-refractivity contribution < 1.29 is 13.2 Å². The Kier molecular flexibility index (Phi) is 6.86. The molecule has 1 aliphatic heterocycles. The molecule has 1 N–H and O–H groups in total. The SMILES string of the molecule is CS(=O)(=O)c1cccc(C(=O)NC[C@@H](c2ccccc2)N2CCCCCC2)c1. The Morgan fingerprint density at radius 3 is 2.32 bits per heavy atom. The average Bonchev–Trinajstić information content (AvgIpc) is 2.98. The molecule has 0 saturated carbocycles. The first kappa shape index (κ1) is 20.6. The number of hydrogen-bond acceptors (Lipinski definition) is 4. The summed E-state index contributed by atoms with van der Waals surface area (Å²) in [4.78, 5) is 15.3. The van der Waals surface area contributed by atoms with Gasteiger partial charge in [-0.25, -0.2) is 8.42 Å². The van der Waals surface area contributed by atoms with Crippen LogP contribution in [0.4, 0.5) is 0 Å². The summed E-state index contributed by atoms with van der Waals surface area (Å²) in [6.45, 7) is 2.55. The van der Waals surface area contributed by atoms with E-state index in [-0.39, 0.29) is 16.8 Å². The third kappa shape index (κ3) is 5.42. The van der Waals surface area contributed by atoms with Gasteiger partial charge in [-0.15, -0.1) is 0 Å². The minimum atomic E-state index is -3.34. The Morgan fingerprint density at radius 1 is 1.00 bits per heavy atom. The number of hydrogen-bond donors (Lipinski definition) is 1. The zero-order valence-electron chi connectivity index (χ0n) is 16.3. The number of nitrogens with zero attached hydrogens (tertiary/aromatic N) is 1. The Morgan fingerprint density at radius 2 is 1.68 bits per heavy atom. The van der Waals surface area contributed by atoms with Gasteiger partial charge in [0.25, 0.3) is 5.91 Å². The molecular formula is C22H28N2O3S. The molecule has 1 amide bonds. The van der Waals surface area contributed by atoms with Crippen LogP contribution in [-0.4, -0.2) is 45.1 Å². The van der Waals surface area contributed by atoms with E-state index in [0.29, 0.717) is 12.1 Å². The van der Waals surface area contributed by atoms with Gasteiger partial charge in [-0.3, -0.25) is 9.69 Å². The van der Waals surface area contributed by atoms with Crippen molar-refractivity contribution in [2.45, 2.75) is 36.6 Å². The highest BCUT2D eigenvalue weighted by molar-refractivity contribution is 7.90. The van der Waals surface area contributed by atoms with Gasteiger partial charge in [0.15, 0.2) is 9.84 Å². The second-order valence-corrected chi connectivity index (χ2v) is 9.40. The maximum atomic E-state index is 12.7. The largest absolute Gasteiger partial charge is 0.350 e. The van der Waals surface area contributed by atoms with E-state index in [9.17, 15) is 13.2 Å². The lowest BCUT2D eigenvalue weighted by Crippen LogP contribution is -2.38. The summed E-state index contributed by atoms with van der Waals surface area (Å²) < 4.78 is 23.5. The summed E-state index contributed by atoms with van der Waals surface area (Å²) >= 11 is 0. The van der Waals surface area contributed by atoms with Gasteiger partial charge in [-0.05, 0) is 49.7 Å². The van der Waals surface area contributed by atoms with Crippen molar-refractivity contribution in [3.63, 3.8) is 0 Å². The highest BCUT2D eigenvalue weighted by Crippen LogP contribution is 2.24. The van der Waals surface area contributed by atoms with Crippen LogP contribution in [0.5, 0.6) is 0 Å². The molecule has 0 aliphatic carbocycles. The van der Waals surface area contributed by atoms with Crippen LogP contribution in [0.2, 0.25) is 0 Å². The normalized spacial score (nSPS) is 16.9. The van der Waals surface area contributed by atoms with Crippen molar-refractivity contribution in [3.05, 3.63) is 65.7 Å². The molecule has 0 bridgehead atoms. The molecular weight excluding hydrogens is 372 g/mol. The van der Waals surface area contributed by atoms with Gasteiger partial charge in [-0.1, -0.05) is 49.2 Å². The van der Waals surface area contributed by atoms with Gasteiger partial charge in [0.1, 0.15) is 0 Å². The molecule has 0 unspecified atom stereocenters. The third-order valence-electron chi connectivity index (χ3n) is 5.25. The highest BCUT2D eigenvalue weighted by Gasteiger charge is 2.22. The van der Waals surface area contributed by atoms with E-state index in [2.05, 4.69) is 22.3 Å². The molecule has 2 aromatic rings. The van der Waals surface area contributed by atoms with Gasteiger partial charge in [0.2, 0.25) is 0 Å². The second-order valence-electron chi connectivity index (χ2n) is 7.39. The highest BCUT2D eigenvalue weighted by atomic mass is 32.2. The molecule has 0 radical (unpaired) electrons. The first-order valence-corrected chi connectivity index (χ1v) is 11.7. The van der Waals surface area contributed by atoms with E-state index in [1.54, 1.807) is 12.1 Å². The average molecular weight is 401 g/mol. The molecule has 150 valence electrons. The number of carbonyl (C=O) groups is 1. The van der Waals surface area contributed by atoms with Crippen LogP contribution in [0.15, 0.2) is 59.5 Å². The lowest BCUT2D eigenvalue weighted by Gasteiger charge is -2.31. The number of nitrogens with one attached hydrogen (secondary N) is 1. The van der Waals surface area contributed by atoms with Crippen LogP contribution in [0.25, 0.3) is 0 Å². The molecule has 28 heavy (non-hydrogen) atoms. The smallest absolute Gasteiger partial charge is 0.251 e. The fourth-order valence-corrected chi connectivity index (χ4v) is 4.37. The summed E-state index contributed by atoms with van der Waals surface area (Å²) in [5, 5.41) is 3.02. The minimum absolute atomic E-state index is 0.112. The first-order chi connectivity index (χ1) is 13.4. The number of carbonyl (C=O) groups excluding carboxylic acids is 1. The molecule has 1 aliphatic rings. The first-order valence-electron chi connectivity index (χ1n) is 9.82. The monoisotopic (exact) mass is 400 g/mol. The van der Waals surface area contributed by atoms with Crippen LogP contribution in [-0.2, 0) is 9.84 Å². The minimum Gasteiger partial charge on any atom is -0.350 e. The molecule has 0 spiro atoms.